The predicted octanol–water partition coefficient (Wildman–Crippen LogP) is 2.52. The molecule has 2 aromatic rings. The fourth-order valence-electron chi connectivity index (χ4n) is 3.16. The Hall–Kier alpha value is -2.11. The van der Waals surface area contributed by atoms with Crippen molar-refractivity contribution >= 4 is 22.8 Å². The Bertz CT molecular complexity index is 640. The fourth-order valence-corrected chi connectivity index (χ4v) is 3.16. The topological polar surface area (TPSA) is 71.1 Å². The zero-order valence-electron chi connectivity index (χ0n) is 12.9. The van der Waals surface area contributed by atoms with Gasteiger partial charge in [0, 0.05) is 25.7 Å². The van der Waals surface area contributed by atoms with E-state index in [0.717, 1.165) is 49.2 Å². The van der Waals surface area contributed by atoms with Crippen LogP contribution in [-0.2, 0) is 9.53 Å². The molecule has 1 aliphatic heterocycles. The molecule has 1 N–H and O–H groups in total. The zero-order chi connectivity index (χ0) is 15.4. The first-order valence-electron chi connectivity index (χ1n) is 7.96. The van der Waals surface area contributed by atoms with E-state index >= 15 is 0 Å². The van der Waals surface area contributed by atoms with E-state index in [2.05, 4.69) is 19.9 Å². The second-order valence-electron chi connectivity index (χ2n) is 5.74. The van der Waals surface area contributed by atoms with E-state index in [-0.39, 0.29) is 5.97 Å². The van der Waals surface area contributed by atoms with Gasteiger partial charge < -0.3 is 14.6 Å². The smallest absolute Gasteiger partial charge is 0.305 e. The van der Waals surface area contributed by atoms with Gasteiger partial charge in [0.15, 0.2) is 0 Å². The molecule has 2 aromatic heterocycles. The van der Waals surface area contributed by atoms with Gasteiger partial charge >= 0.3 is 5.97 Å². The Kier molecular flexibility index (Phi) is 4.56. The van der Waals surface area contributed by atoms with Gasteiger partial charge in [0.2, 0.25) is 0 Å². The number of hydrogen-bond donors (Lipinski definition) is 1. The molecule has 6 heteroatoms. The molecule has 0 saturated carbocycles. The lowest BCUT2D eigenvalue weighted by atomic mass is 9.93. The summed E-state index contributed by atoms with van der Waals surface area (Å²) in [6, 6.07) is 2.02. The largest absolute Gasteiger partial charge is 0.466 e. The maximum Gasteiger partial charge on any atom is 0.305 e. The summed E-state index contributed by atoms with van der Waals surface area (Å²) < 4.78 is 5.01. The van der Waals surface area contributed by atoms with Gasteiger partial charge in [0.1, 0.15) is 17.8 Å². The molecule has 0 bridgehead atoms. The lowest BCUT2D eigenvalue weighted by Crippen LogP contribution is -2.36. The van der Waals surface area contributed by atoms with Crippen LogP contribution in [0, 0.1) is 5.92 Å². The molecular weight excluding hydrogens is 280 g/mol. The molecule has 1 aliphatic rings. The predicted molar refractivity (Wildman–Crippen MR) is 84.7 cm³/mol. The lowest BCUT2D eigenvalue weighted by molar-refractivity contribution is -0.143. The van der Waals surface area contributed by atoms with Crippen molar-refractivity contribution in [3.8, 4) is 0 Å². The second-order valence-corrected chi connectivity index (χ2v) is 5.74. The normalized spacial score (nSPS) is 18.6. The molecule has 0 aliphatic carbocycles. The first kappa shape index (κ1) is 14.8. The maximum absolute atomic E-state index is 11.5. The van der Waals surface area contributed by atoms with Crippen LogP contribution in [0.5, 0.6) is 0 Å². The summed E-state index contributed by atoms with van der Waals surface area (Å²) in [6.07, 6.45) is 7.19. The molecule has 0 aromatic carbocycles. The number of H-pyrrole nitrogens is 1. The lowest BCUT2D eigenvalue weighted by Gasteiger charge is -2.33. The molecule has 3 heterocycles. The van der Waals surface area contributed by atoms with Gasteiger partial charge in [-0.05, 0) is 38.2 Å². The molecule has 6 nitrogen and oxygen atoms in total. The van der Waals surface area contributed by atoms with Crippen molar-refractivity contribution < 1.29 is 9.53 Å². The number of carbonyl (C=O) groups excluding carboxylic acids is 1. The van der Waals surface area contributed by atoms with Crippen LogP contribution in [0.3, 0.4) is 0 Å². The van der Waals surface area contributed by atoms with Gasteiger partial charge in [-0.1, -0.05) is 0 Å². The Balaban J connectivity index is 1.65. The van der Waals surface area contributed by atoms with Crippen molar-refractivity contribution in [2.45, 2.75) is 32.6 Å². The number of ether oxygens (including phenoxy) is 1. The molecule has 0 radical (unpaired) electrons. The van der Waals surface area contributed by atoms with E-state index in [4.69, 9.17) is 4.74 Å². The molecule has 1 saturated heterocycles. The van der Waals surface area contributed by atoms with Gasteiger partial charge in [-0.3, -0.25) is 4.79 Å². The molecule has 1 atom stereocenters. The quantitative estimate of drug-likeness (QED) is 0.859. The molecule has 1 unspecified atom stereocenters. The van der Waals surface area contributed by atoms with Crippen molar-refractivity contribution in [2.24, 2.45) is 5.92 Å². The number of carbonyl (C=O) groups is 1. The number of nitrogens with zero attached hydrogens (tertiary/aromatic N) is 3. The molecule has 0 amide bonds. The molecule has 3 rings (SSSR count). The third-order valence-corrected chi connectivity index (χ3v) is 4.21. The van der Waals surface area contributed by atoms with E-state index in [9.17, 15) is 4.79 Å². The minimum Gasteiger partial charge on any atom is -0.466 e. The highest BCUT2D eigenvalue weighted by Crippen LogP contribution is 2.28. The van der Waals surface area contributed by atoms with Crippen molar-refractivity contribution in [3.05, 3.63) is 18.6 Å². The maximum atomic E-state index is 11.5. The number of rotatable bonds is 5. The van der Waals surface area contributed by atoms with E-state index in [1.807, 2.05) is 19.2 Å². The van der Waals surface area contributed by atoms with E-state index in [1.165, 1.54) is 0 Å². The number of aromatic nitrogens is 3. The molecular formula is C16H22N4O2. The average Bonchev–Trinajstić information content (AvgIpc) is 3.02. The van der Waals surface area contributed by atoms with Crippen LogP contribution < -0.4 is 4.90 Å². The number of esters is 1. The van der Waals surface area contributed by atoms with Crippen LogP contribution in [-0.4, -0.2) is 40.6 Å². The van der Waals surface area contributed by atoms with Crippen molar-refractivity contribution in [1.82, 2.24) is 15.0 Å². The third kappa shape index (κ3) is 3.21. The SMILES string of the molecule is CCOC(=O)CCC1CCCN(c2ncnc3[nH]ccc23)C1. The van der Waals surface area contributed by atoms with Crippen LogP contribution in [0.25, 0.3) is 11.0 Å². The molecule has 118 valence electrons. The van der Waals surface area contributed by atoms with Crippen LogP contribution in [0.4, 0.5) is 5.82 Å². The van der Waals surface area contributed by atoms with Gasteiger partial charge in [0.05, 0.1) is 12.0 Å². The van der Waals surface area contributed by atoms with Gasteiger partial charge in [-0.25, -0.2) is 9.97 Å². The number of nitrogens with one attached hydrogen (secondary N) is 1. The third-order valence-electron chi connectivity index (χ3n) is 4.21. The van der Waals surface area contributed by atoms with Gasteiger partial charge in [-0.15, -0.1) is 0 Å². The second kappa shape index (κ2) is 6.77. The minimum absolute atomic E-state index is 0.0883. The highest BCUT2D eigenvalue weighted by molar-refractivity contribution is 5.87. The van der Waals surface area contributed by atoms with E-state index < -0.39 is 0 Å². The van der Waals surface area contributed by atoms with Crippen LogP contribution in [0.15, 0.2) is 18.6 Å². The summed E-state index contributed by atoms with van der Waals surface area (Å²) in [7, 11) is 0. The molecule has 0 spiro atoms. The summed E-state index contributed by atoms with van der Waals surface area (Å²) in [6.45, 7) is 4.25. The van der Waals surface area contributed by atoms with Crippen LogP contribution in [0.1, 0.15) is 32.6 Å². The van der Waals surface area contributed by atoms with Gasteiger partial charge in [0.25, 0.3) is 0 Å². The number of aromatic amines is 1. The highest BCUT2D eigenvalue weighted by Gasteiger charge is 2.23. The van der Waals surface area contributed by atoms with Gasteiger partial charge in [-0.2, -0.15) is 0 Å². The van der Waals surface area contributed by atoms with E-state index in [1.54, 1.807) is 6.33 Å². The van der Waals surface area contributed by atoms with Crippen molar-refractivity contribution in [1.29, 1.82) is 0 Å². The van der Waals surface area contributed by atoms with Crippen LogP contribution in [0.2, 0.25) is 0 Å². The summed E-state index contributed by atoms with van der Waals surface area (Å²) in [5, 5.41) is 1.06. The molecule has 1 fully saturated rings. The number of anilines is 1. The molecule has 22 heavy (non-hydrogen) atoms. The first-order valence-corrected chi connectivity index (χ1v) is 7.96. The monoisotopic (exact) mass is 302 g/mol. The number of hydrogen-bond acceptors (Lipinski definition) is 5. The minimum atomic E-state index is -0.0883. The highest BCUT2D eigenvalue weighted by atomic mass is 16.5. The Morgan fingerprint density at radius 3 is 3.27 bits per heavy atom. The number of fused-ring (bicyclic) bond motifs is 1. The fraction of sp³-hybridized carbons (Fsp3) is 0.562. The summed E-state index contributed by atoms with van der Waals surface area (Å²) >= 11 is 0. The number of piperidine rings is 1. The summed E-state index contributed by atoms with van der Waals surface area (Å²) in [5.41, 5.74) is 0.874. The zero-order valence-corrected chi connectivity index (χ0v) is 12.9. The first-order chi connectivity index (χ1) is 10.8. The standard InChI is InChI=1S/C16H22N4O2/c1-2-22-14(21)6-5-12-4-3-9-20(10-12)16-13-7-8-17-15(13)18-11-19-16/h7-8,11-12H,2-6,9-10H2,1H3,(H,17,18,19). The van der Waals surface area contributed by atoms with Crippen molar-refractivity contribution in [3.63, 3.8) is 0 Å². The van der Waals surface area contributed by atoms with Crippen LogP contribution >= 0.6 is 0 Å². The summed E-state index contributed by atoms with van der Waals surface area (Å²) in [4.78, 5) is 25.7. The van der Waals surface area contributed by atoms with E-state index in [0.29, 0.717) is 18.9 Å². The Morgan fingerprint density at radius 1 is 1.50 bits per heavy atom. The Morgan fingerprint density at radius 2 is 2.41 bits per heavy atom. The average molecular weight is 302 g/mol. The Labute approximate surface area is 129 Å². The summed E-state index contributed by atoms with van der Waals surface area (Å²) in [5.74, 6) is 1.42. The van der Waals surface area contributed by atoms with Crippen molar-refractivity contribution in [2.75, 3.05) is 24.6 Å².